The second-order valence-electron chi connectivity index (χ2n) is 4.12. The van der Waals surface area contributed by atoms with Crippen molar-refractivity contribution in [3.8, 4) is 0 Å². The molecule has 0 saturated heterocycles. The van der Waals surface area contributed by atoms with Crippen LogP contribution in [0.5, 0.6) is 0 Å². The van der Waals surface area contributed by atoms with Gasteiger partial charge in [-0.05, 0) is 19.3 Å². The predicted molar refractivity (Wildman–Crippen MR) is 57.4 cm³/mol. The van der Waals surface area contributed by atoms with E-state index >= 15 is 0 Å². The minimum Gasteiger partial charge on any atom is -0.395 e. The van der Waals surface area contributed by atoms with Crippen LogP contribution in [0.4, 0.5) is 0 Å². The zero-order valence-corrected chi connectivity index (χ0v) is 9.33. The topological polar surface area (TPSA) is 41.5 Å². The van der Waals surface area contributed by atoms with Crippen molar-refractivity contribution in [1.29, 1.82) is 0 Å². The Labute approximate surface area is 86.8 Å². The number of hydrogen-bond donors (Lipinski definition) is 2. The Morgan fingerprint density at radius 3 is 2.71 bits per heavy atom. The molecule has 0 radical (unpaired) electrons. The summed E-state index contributed by atoms with van der Waals surface area (Å²) in [6, 6.07) is 0.668. The van der Waals surface area contributed by atoms with Gasteiger partial charge in [0.05, 0.1) is 12.7 Å². The zero-order valence-electron chi connectivity index (χ0n) is 9.33. The number of ether oxygens (including phenoxy) is 1. The second-order valence-corrected chi connectivity index (χ2v) is 4.12. The quantitative estimate of drug-likeness (QED) is 0.704. The van der Waals surface area contributed by atoms with E-state index in [1.807, 2.05) is 0 Å². The van der Waals surface area contributed by atoms with Gasteiger partial charge in [0.15, 0.2) is 0 Å². The first-order valence-corrected chi connectivity index (χ1v) is 5.71. The summed E-state index contributed by atoms with van der Waals surface area (Å²) >= 11 is 0. The van der Waals surface area contributed by atoms with Gasteiger partial charge in [-0.3, -0.25) is 0 Å². The van der Waals surface area contributed by atoms with Crippen LogP contribution < -0.4 is 5.32 Å². The van der Waals surface area contributed by atoms with E-state index < -0.39 is 0 Å². The van der Waals surface area contributed by atoms with Gasteiger partial charge in [0.25, 0.3) is 0 Å². The van der Waals surface area contributed by atoms with Gasteiger partial charge in [-0.1, -0.05) is 19.8 Å². The highest BCUT2D eigenvalue weighted by molar-refractivity contribution is 4.84. The van der Waals surface area contributed by atoms with E-state index in [4.69, 9.17) is 9.84 Å². The van der Waals surface area contributed by atoms with E-state index in [2.05, 4.69) is 12.2 Å². The van der Waals surface area contributed by atoms with Crippen LogP contribution in [0, 0.1) is 0 Å². The van der Waals surface area contributed by atoms with Gasteiger partial charge < -0.3 is 15.2 Å². The molecule has 0 spiro atoms. The van der Waals surface area contributed by atoms with Crippen LogP contribution in [0.1, 0.15) is 39.0 Å². The van der Waals surface area contributed by atoms with Crippen LogP contribution in [0.2, 0.25) is 0 Å². The van der Waals surface area contributed by atoms with Crippen molar-refractivity contribution in [2.45, 2.75) is 57.2 Å². The van der Waals surface area contributed by atoms with Crippen LogP contribution in [-0.2, 0) is 4.74 Å². The number of nitrogens with one attached hydrogen (secondary N) is 1. The fraction of sp³-hybridized carbons (Fsp3) is 1.00. The first kappa shape index (κ1) is 12.0. The fourth-order valence-corrected chi connectivity index (χ4v) is 2.17. The van der Waals surface area contributed by atoms with Crippen molar-refractivity contribution in [2.24, 2.45) is 0 Å². The smallest absolute Gasteiger partial charge is 0.0724 e. The maximum atomic E-state index is 9.11. The molecule has 1 saturated carbocycles. The number of hydrogen-bond acceptors (Lipinski definition) is 3. The monoisotopic (exact) mass is 201 g/mol. The molecular weight excluding hydrogens is 178 g/mol. The van der Waals surface area contributed by atoms with E-state index in [1.165, 1.54) is 19.3 Å². The molecule has 0 heterocycles. The highest BCUT2D eigenvalue weighted by atomic mass is 16.5. The molecule has 3 heteroatoms. The average molecular weight is 201 g/mol. The molecule has 0 aromatic carbocycles. The first-order valence-electron chi connectivity index (χ1n) is 5.71. The van der Waals surface area contributed by atoms with E-state index in [9.17, 15) is 0 Å². The van der Waals surface area contributed by atoms with E-state index in [0.717, 1.165) is 12.8 Å². The zero-order chi connectivity index (χ0) is 10.4. The van der Waals surface area contributed by atoms with Crippen molar-refractivity contribution in [2.75, 3.05) is 13.7 Å². The van der Waals surface area contributed by atoms with Gasteiger partial charge in [0.1, 0.15) is 0 Å². The van der Waals surface area contributed by atoms with E-state index in [-0.39, 0.29) is 12.6 Å². The van der Waals surface area contributed by atoms with E-state index in [0.29, 0.717) is 12.1 Å². The third kappa shape index (κ3) is 3.23. The molecule has 1 rings (SSSR count). The largest absolute Gasteiger partial charge is 0.395 e. The van der Waals surface area contributed by atoms with Crippen LogP contribution >= 0.6 is 0 Å². The molecule has 2 N–H and O–H groups in total. The lowest BCUT2D eigenvalue weighted by Crippen LogP contribution is -2.48. The average Bonchev–Trinajstić information content (AvgIpc) is 2.26. The molecule has 84 valence electrons. The molecule has 0 aliphatic heterocycles. The maximum absolute atomic E-state index is 9.11. The maximum Gasteiger partial charge on any atom is 0.0724 e. The molecule has 3 atom stereocenters. The van der Waals surface area contributed by atoms with E-state index in [1.54, 1.807) is 7.11 Å². The van der Waals surface area contributed by atoms with Crippen LogP contribution in [-0.4, -0.2) is 37.0 Å². The Hall–Kier alpha value is -0.120. The predicted octanol–water partition coefficient (Wildman–Crippen LogP) is 1.30. The highest BCUT2D eigenvalue weighted by Crippen LogP contribution is 2.21. The van der Waals surface area contributed by atoms with Crippen molar-refractivity contribution in [3.05, 3.63) is 0 Å². The Kier molecular flexibility index (Phi) is 5.45. The number of rotatable bonds is 5. The lowest BCUT2D eigenvalue weighted by atomic mass is 9.91. The first-order chi connectivity index (χ1) is 6.81. The molecule has 0 aromatic rings. The van der Waals surface area contributed by atoms with Crippen LogP contribution in [0.3, 0.4) is 0 Å². The van der Waals surface area contributed by atoms with Gasteiger partial charge >= 0.3 is 0 Å². The van der Waals surface area contributed by atoms with Crippen molar-refractivity contribution >= 4 is 0 Å². The second kappa shape index (κ2) is 6.38. The molecule has 1 aliphatic carbocycles. The van der Waals surface area contributed by atoms with Gasteiger partial charge in [0, 0.05) is 19.2 Å². The molecule has 3 nitrogen and oxygen atoms in total. The molecule has 0 amide bonds. The number of methoxy groups -OCH3 is 1. The lowest BCUT2D eigenvalue weighted by molar-refractivity contribution is 0.0341. The fourth-order valence-electron chi connectivity index (χ4n) is 2.17. The molecule has 1 fully saturated rings. The Morgan fingerprint density at radius 1 is 1.43 bits per heavy atom. The summed E-state index contributed by atoms with van der Waals surface area (Å²) in [7, 11) is 1.78. The van der Waals surface area contributed by atoms with Crippen LogP contribution in [0.25, 0.3) is 0 Å². The van der Waals surface area contributed by atoms with Gasteiger partial charge in [-0.15, -0.1) is 0 Å². The molecule has 14 heavy (non-hydrogen) atoms. The molecule has 2 unspecified atom stereocenters. The summed E-state index contributed by atoms with van der Waals surface area (Å²) in [5.41, 5.74) is 0. The summed E-state index contributed by atoms with van der Waals surface area (Å²) in [5, 5.41) is 12.6. The Bertz CT molecular complexity index is 148. The Balaban J connectivity index is 2.39. The minimum absolute atomic E-state index is 0.226. The third-order valence-corrected chi connectivity index (χ3v) is 3.17. The molecule has 1 aliphatic rings. The lowest BCUT2D eigenvalue weighted by Gasteiger charge is -2.33. The number of aliphatic hydroxyl groups excluding tert-OH is 1. The molecule has 0 bridgehead atoms. The Morgan fingerprint density at radius 2 is 2.14 bits per heavy atom. The van der Waals surface area contributed by atoms with Crippen molar-refractivity contribution in [3.63, 3.8) is 0 Å². The summed E-state index contributed by atoms with van der Waals surface area (Å²) in [6.07, 6.45) is 6.19. The summed E-state index contributed by atoms with van der Waals surface area (Å²) in [6.45, 7) is 2.32. The van der Waals surface area contributed by atoms with Crippen LogP contribution in [0.15, 0.2) is 0 Å². The van der Waals surface area contributed by atoms with Gasteiger partial charge in [0.2, 0.25) is 0 Å². The normalized spacial score (nSPS) is 30.2. The van der Waals surface area contributed by atoms with Gasteiger partial charge in [-0.25, -0.2) is 0 Å². The third-order valence-electron chi connectivity index (χ3n) is 3.17. The van der Waals surface area contributed by atoms with Crippen molar-refractivity contribution in [1.82, 2.24) is 5.32 Å². The SMILES string of the molecule is CC[C@@H](CO)NC1CCCCC1OC. The highest BCUT2D eigenvalue weighted by Gasteiger charge is 2.26. The summed E-state index contributed by atoms with van der Waals surface area (Å²) in [5.74, 6) is 0. The minimum atomic E-state index is 0.226. The van der Waals surface area contributed by atoms with Gasteiger partial charge in [-0.2, -0.15) is 0 Å². The standard InChI is InChI=1S/C11H23NO2/c1-3-9(8-13)12-10-6-4-5-7-11(10)14-2/h9-13H,3-8H2,1-2H3/t9-,10?,11?/m0/s1. The van der Waals surface area contributed by atoms with Crippen molar-refractivity contribution < 1.29 is 9.84 Å². The number of aliphatic hydroxyl groups is 1. The molecular formula is C11H23NO2. The molecule has 0 aromatic heterocycles. The summed E-state index contributed by atoms with van der Waals surface area (Å²) < 4.78 is 5.45. The summed E-state index contributed by atoms with van der Waals surface area (Å²) in [4.78, 5) is 0.